The molecule has 0 aliphatic carbocycles. The van der Waals surface area contributed by atoms with Crippen LogP contribution in [-0.4, -0.2) is 14.1 Å². The zero-order valence-corrected chi connectivity index (χ0v) is 38.2. The van der Waals surface area contributed by atoms with Crippen LogP contribution in [0.3, 0.4) is 0 Å². The first kappa shape index (κ1) is 26.7. The number of fused-ring (bicyclic) bond motifs is 4. The minimum Gasteiger partial charge on any atom is -0.458 e. The van der Waals surface area contributed by atoms with Gasteiger partial charge in [-0.2, -0.15) is 0 Å². The monoisotopic (exact) mass is 922 g/mol. The van der Waals surface area contributed by atoms with Gasteiger partial charge in [0.1, 0.15) is 17.3 Å². The maximum Gasteiger partial charge on any atom is 0.269 e. The van der Waals surface area contributed by atoms with Gasteiger partial charge in [-0.1, -0.05) is 196 Å². The van der Waals surface area contributed by atoms with Gasteiger partial charge in [-0.3, -0.25) is 13.7 Å². The molecule has 0 amide bonds. The van der Waals surface area contributed by atoms with Gasteiger partial charge in [0.2, 0.25) is 0 Å². The average molecular weight is 922 g/mol. The van der Waals surface area contributed by atoms with Crippen molar-refractivity contribution in [3.05, 3.63) is 248 Å². The number of hydrogen-bond donors (Lipinski definition) is 0. The van der Waals surface area contributed by atoms with E-state index in [1.165, 1.54) is 17.6 Å². The minimum atomic E-state index is -0.914. The molecule has 0 unspecified atom stereocenters. The molecule has 0 bridgehead atoms. The van der Waals surface area contributed by atoms with Crippen LogP contribution >= 0.6 is 0 Å². The lowest BCUT2D eigenvalue weighted by molar-refractivity contribution is -0.571. The summed E-state index contributed by atoms with van der Waals surface area (Å²) >= 11 is 0. The van der Waals surface area contributed by atoms with E-state index in [2.05, 4.69) is 15.9 Å². The Morgan fingerprint density at radius 2 is 1.17 bits per heavy atom. The molecule has 12 rings (SSSR count). The summed E-state index contributed by atoms with van der Waals surface area (Å²) < 4.78 is 186. The van der Waals surface area contributed by atoms with Crippen LogP contribution in [0.25, 0.3) is 94.5 Å². The van der Waals surface area contributed by atoms with E-state index in [0.717, 1.165) is 27.4 Å². The van der Waals surface area contributed by atoms with Crippen molar-refractivity contribution in [3.8, 4) is 73.2 Å². The van der Waals surface area contributed by atoms with Crippen molar-refractivity contribution >= 4 is 32.8 Å². The number of hydrogen-bond acceptors (Lipinski definition) is 2. The van der Waals surface area contributed by atoms with Gasteiger partial charge in [-0.15, -0.1) is 0 Å². The Morgan fingerprint density at radius 3 is 1.90 bits per heavy atom. The van der Waals surface area contributed by atoms with E-state index in [1.54, 1.807) is 41.1 Å². The molecule has 0 fully saturated rings. The molecule has 0 atom stereocenters. The molecule has 336 valence electrons. The third kappa shape index (κ3) is 7.81. The Morgan fingerprint density at radius 1 is 0.529 bits per heavy atom. The quantitative estimate of drug-likeness (QED) is 0.107. The van der Waals surface area contributed by atoms with E-state index in [-0.39, 0.29) is 28.7 Å². The number of nitrogens with zero attached hydrogens (tertiary/aromatic N) is 4. The Balaban J connectivity index is 1.15. The second kappa shape index (κ2) is 17.4. The topological polar surface area (TPSA) is 35.9 Å². The third-order valence-electron chi connectivity index (χ3n) is 12.0. The van der Waals surface area contributed by atoms with Gasteiger partial charge in [-0.05, 0) is 111 Å². The average Bonchev–Trinajstić information content (AvgIpc) is 1.67. The second-order valence-electron chi connectivity index (χ2n) is 17.6. The van der Waals surface area contributed by atoms with E-state index in [1.807, 2.05) is 93.6 Å². The number of rotatable bonds is 9. The highest BCUT2D eigenvalue weighted by Gasteiger charge is 2.23. The zero-order chi connectivity index (χ0) is 63.9. The molecule has 0 saturated heterocycles. The molecule has 0 saturated carbocycles. The van der Waals surface area contributed by atoms with Crippen LogP contribution in [-0.2, 0) is 5.41 Å². The van der Waals surface area contributed by atoms with Crippen LogP contribution in [0.4, 0.5) is 0 Å². The molecule has 0 radical (unpaired) electrons. The van der Waals surface area contributed by atoms with Crippen molar-refractivity contribution in [1.29, 1.82) is 0 Å². The summed E-state index contributed by atoms with van der Waals surface area (Å²) in [6, 6.07) is 18.5. The molecule has 3 aromatic heterocycles. The van der Waals surface area contributed by atoms with Crippen LogP contribution in [0.2, 0.25) is 0 Å². The fourth-order valence-corrected chi connectivity index (χ4v) is 8.55. The van der Waals surface area contributed by atoms with Crippen molar-refractivity contribution in [2.75, 3.05) is 0 Å². The van der Waals surface area contributed by atoms with Crippen molar-refractivity contribution < 1.29 is 35.3 Å². The van der Waals surface area contributed by atoms with Gasteiger partial charge in [0, 0.05) is 23.0 Å². The molecule has 0 aliphatic heterocycles. The fourth-order valence-electron chi connectivity index (χ4n) is 8.55. The Kier molecular flexibility index (Phi) is 6.62. The minimum absolute atomic E-state index is 0.135. The van der Waals surface area contributed by atoms with Crippen LogP contribution in [0.5, 0.6) is 11.5 Å². The van der Waals surface area contributed by atoms with Gasteiger partial charge in [0.15, 0.2) is 0 Å². The largest absolute Gasteiger partial charge is 0.458 e. The summed E-state index contributed by atoms with van der Waals surface area (Å²) in [7, 11) is 0. The maximum absolute atomic E-state index is 9.79. The van der Waals surface area contributed by atoms with Gasteiger partial charge in [0.25, 0.3) is 6.33 Å². The molecule has 0 spiro atoms. The van der Waals surface area contributed by atoms with Crippen LogP contribution < -0.4 is 9.30 Å². The SMILES string of the molecule is [2H]c1cc(-c2c([2H])c([2H])c(-c3c([2H])c([2H])c([2H])c(-c4c([2H])c([2H])c(-c5c([2H])c([2H])c([2H])c([2H])c5[2H])c([2H])c4[2H])c3-[n+]3[c-]n(-c4cc(Oc5ccc6c7ccccc7n(-c7ccccn7)c6c5)cc(C(C)(C)C)c4)c4ccccc43)c([2H])c2[2H])c([2H])c([2H])c1C. The Bertz CT molecular complexity index is 4970. The molecular formula is C65H50N4O. The number of benzene rings is 9. The highest BCUT2D eigenvalue weighted by atomic mass is 16.5. The molecule has 0 N–H and O–H groups in total. The van der Waals surface area contributed by atoms with Gasteiger partial charge in [0.05, 0.1) is 59.5 Å². The fraction of sp³-hybridized carbons (Fsp3) is 0.0769. The molecule has 9 aromatic carbocycles. The summed E-state index contributed by atoms with van der Waals surface area (Å²) in [5.74, 6) is 1.56. The van der Waals surface area contributed by atoms with E-state index >= 15 is 0 Å². The van der Waals surface area contributed by atoms with Crippen molar-refractivity contribution in [3.63, 3.8) is 0 Å². The molecular weight excluding hydrogens is 853 g/mol. The number of imidazole rings is 1. The lowest BCUT2D eigenvalue weighted by Gasteiger charge is -2.22. The molecule has 3 heterocycles. The van der Waals surface area contributed by atoms with Gasteiger partial charge < -0.3 is 4.74 Å². The highest BCUT2D eigenvalue weighted by Crippen LogP contribution is 2.39. The molecule has 5 nitrogen and oxygen atoms in total. The first-order chi connectivity index (χ1) is 42.2. The van der Waals surface area contributed by atoms with Gasteiger partial charge in [-0.25, -0.2) is 4.98 Å². The summed E-state index contributed by atoms with van der Waals surface area (Å²) in [5, 5.41) is 1.97. The number of para-hydroxylation sites is 4. The van der Waals surface area contributed by atoms with Crippen LogP contribution in [0.15, 0.2) is 230 Å². The normalized spacial score (nSPS) is 15.5. The summed E-state index contributed by atoms with van der Waals surface area (Å²) in [4.78, 5) is 4.68. The summed E-state index contributed by atoms with van der Waals surface area (Å²) in [6.45, 7) is 7.51. The van der Waals surface area contributed by atoms with E-state index in [4.69, 9.17) is 15.7 Å². The molecule has 12 aromatic rings. The van der Waals surface area contributed by atoms with Crippen LogP contribution in [0.1, 0.15) is 57.9 Å². The molecule has 5 heteroatoms. The van der Waals surface area contributed by atoms with Crippen LogP contribution in [0, 0.1) is 13.3 Å². The second-order valence-corrected chi connectivity index (χ2v) is 17.6. The first-order valence-electron chi connectivity index (χ1n) is 31.9. The number of pyridine rings is 1. The molecule has 0 aliphatic rings. The smallest absolute Gasteiger partial charge is 0.269 e. The summed E-state index contributed by atoms with van der Waals surface area (Å²) in [6.07, 6.45) is 5.08. The maximum atomic E-state index is 9.79. The highest BCUT2D eigenvalue weighted by molar-refractivity contribution is 6.09. The predicted octanol–water partition coefficient (Wildman–Crippen LogP) is 16.3. The zero-order valence-electron chi connectivity index (χ0n) is 57.2. The first-order valence-corrected chi connectivity index (χ1v) is 22.4. The Hall–Kier alpha value is -8.80. The lowest BCUT2D eigenvalue weighted by atomic mass is 9.86. The van der Waals surface area contributed by atoms with Crippen molar-refractivity contribution in [2.24, 2.45) is 0 Å². The Labute approximate surface area is 435 Å². The number of aromatic nitrogens is 4. The van der Waals surface area contributed by atoms with E-state index < -0.39 is 153 Å². The van der Waals surface area contributed by atoms with E-state index in [0.29, 0.717) is 28.5 Å². The van der Waals surface area contributed by atoms with Crippen molar-refractivity contribution in [1.82, 2.24) is 14.1 Å². The summed E-state index contributed by atoms with van der Waals surface area (Å²) in [5.41, 5.74) is -1.65. The lowest BCUT2D eigenvalue weighted by Crippen LogP contribution is -2.31. The molecule has 70 heavy (non-hydrogen) atoms. The van der Waals surface area contributed by atoms with Crippen molar-refractivity contribution in [2.45, 2.75) is 33.1 Å². The standard InChI is InChI=1S/C65H50N4O/c1-44-24-26-46(27-25-44)48-30-34-50(35-31-48)56-19-14-18-55(49-32-28-47(29-33-49)45-15-6-5-7-16-45)64(56)68-43-67(60-21-10-11-22-61(60)68)52-39-51(65(2,3)4)40-54(41-52)70-53-36-37-58-57-17-8-9-20-59(57)69(62(58)42-53)63-23-12-13-38-66-63/h5-42H,1-4H3/i5D,6D,7D,14D,15D,16D,18D,19D,24D,25D,26D,28D,29D,30D,31D,32D,33D,34D,35D. The van der Waals surface area contributed by atoms with E-state index in [9.17, 15) is 15.1 Å². The van der Waals surface area contributed by atoms with Gasteiger partial charge >= 0.3 is 0 Å². The number of ether oxygens (including phenoxy) is 1. The third-order valence-corrected chi connectivity index (χ3v) is 12.0. The predicted molar refractivity (Wildman–Crippen MR) is 287 cm³/mol.